The molecule has 2 atom stereocenters. The summed E-state index contributed by atoms with van der Waals surface area (Å²) in [6, 6.07) is 5.02. The Hall–Kier alpha value is -2.28. The molecule has 0 fully saturated rings. The normalized spacial score (nSPS) is 13.2. The number of aliphatic hydroxyl groups is 1. The van der Waals surface area contributed by atoms with Crippen LogP contribution in [-0.4, -0.2) is 41.3 Å². The highest BCUT2D eigenvalue weighted by Gasteiger charge is 2.18. The number of primary amides is 1. The van der Waals surface area contributed by atoms with Crippen molar-refractivity contribution in [3.8, 4) is 5.75 Å². The molecule has 0 radical (unpaired) electrons. The third-order valence-electron chi connectivity index (χ3n) is 3.26. The van der Waals surface area contributed by atoms with Crippen LogP contribution in [0.5, 0.6) is 5.75 Å². The van der Waals surface area contributed by atoms with Gasteiger partial charge in [-0.05, 0) is 30.0 Å². The Labute approximate surface area is 129 Å². The van der Waals surface area contributed by atoms with Crippen LogP contribution in [0.4, 0.5) is 4.79 Å². The van der Waals surface area contributed by atoms with Gasteiger partial charge in [0.2, 0.25) is 5.91 Å². The number of phenolic OH excluding ortho intramolecular Hbond substituents is 1. The van der Waals surface area contributed by atoms with Crippen molar-refractivity contribution in [1.29, 1.82) is 0 Å². The first-order chi connectivity index (χ1) is 10.4. The van der Waals surface area contributed by atoms with Crippen molar-refractivity contribution in [2.45, 2.75) is 25.8 Å². The molecule has 0 unspecified atom stereocenters. The smallest absolute Gasteiger partial charge is 0.315 e. The molecule has 0 spiro atoms. The summed E-state index contributed by atoms with van der Waals surface area (Å²) < 4.78 is 0. The molecule has 0 aliphatic rings. The quantitative estimate of drug-likeness (QED) is 0.467. The second kappa shape index (κ2) is 8.89. The maximum Gasteiger partial charge on any atom is 0.315 e. The highest BCUT2D eigenvalue weighted by Crippen LogP contribution is 2.11. The van der Waals surface area contributed by atoms with Crippen molar-refractivity contribution in [2.75, 3.05) is 13.2 Å². The van der Waals surface area contributed by atoms with Crippen LogP contribution in [0.1, 0.15) is 18.9 Å². The zero-order chi connectivity index (χ0) is 16.5. The first-order valence-electron chi connectivity index (χ1n) is 7.14. The molecule has 0 saturated heterocycles. The van der Waals surface area contributed by atoms with Crippen LogP contribution in [0.3, 0.4) is 0 Å². The third-order valence-corrected chi connectivity index (χ3v) is 3.26. The summed E-state index contributed by atoms with van der Waals surface area (Å²) in [5.41, 5.74) is 6.07. The van der Waals surface area contributed by atoms with Gasteiger partial charge in [-0.25, -0.2) is 4.79 Å². The number of nitrogens with two attached hydrogens (primary N) is 1. The Balaban J connectivity index is 2.48. The van der Waals surface area contributed by atoms with E-state index in [2.05, 4.69) is 10.6 Å². The fourth-order valence-electron chi connectivity index (χ4n) is 1.82. The van der Waals surface area contributed by atoms with Gasteiger partial charge >= 0.3 is 6.03 Å². The lowest BCUT2D eigenvalue weighted by Gasteiger charge is -2.17. The van der Waals surface area contributed by atoms with Crippen LogP contribution < -0.4 is 16.4 Å². The standard InChI is InChI=1S/C15H23N3O4/c1-10(9-19)6-7-17-15(22)18-13(14(16)21)8-11-2-4-12(20)5-3-11/h2-5,10,13,19-20H,6-9H2,1H3,(H2,16,21)(H2,17,18,22)/t10-,13+/m1/s1. The Morgan fingerprint density at radius 1 is 1.27 bits per heavy atom. The number of phenols is 1. The number of amides is 3. The summed E-state index contributed by atoms with van der Waals surface area (Å²) in [6.45, 7) is 2.34. The van der Waals surface area contributed by atoms with E-state index in [-0.39, 0.29) is 24.7 Å². The largest absolute Gasteiger partial charge is 0.508 e. The second-order valence-corrected chi connectivity index (χ2v) is 5.30. The molecule has 0 heterocycles. The first kappa shape index (κ1) is 17.8. The van der Waals surface area contributed by atoms with Crippen molar-refractivity contribution in [3.63, 3.8) is 0 Å². The van der Waals surface area contributed by atoms with E-state index in [1.807, 2.05) is 6.92 Å². The highest BCUT2D eigenvalue weighted by atomic mass is 16.3. The minimum absolute atomic E-state index is 0.0636. The minimum atomic E-state index is -0.834. The predicted octanol–water partition coefficient (Wildman–Crippen LogP) is 0.106. The summed E-state index contributed by atoms with van der Waals surface area (Å²) in [5.74, 6) is -0.403. The van der Waals surface area contributed by atoms with Crippen LogP contribution in [0.25, 0.3) is 0 Å². The minimum Gasteiger partial charge on any atom is -0.508 e. The third kappa shape index (κ3) is 6.45. The molecule has 0 aliphatic heterocycles. The molecule has 0 aliphatic carbocycles. The molecule has 1 aromatic carbocycles. The van der Waals surface area contributed by atoms with Crippen molar-refractivity contribution in [1.82, 2.24) is 10.6 Å². The van der Waals surface area contributed by atoms with Crippen LogP contribution >= 0.6 is 0 Å². The summed E-state index contributed by atoms with van der Waals surface area (Å²) in [4.78, 5) is 23.2. The number of nitrogens with one attached hydrogen (secondary N) is 2. The van der Waals surface area contributed by atoms with Gasteiger partial charge in [0.05, 0.1) is 0 Å². The maximum atomic E-state index is 11.7. The van der Waals surface area contributed by atoms with Crippen LogP contribution in [0, 0.1) is 5.92 Å². The van der Waals surface area contributed by atoms with Crippen LogP contribution in [0.2, 0.25) is 0 Å². The molecule has 0 saturated carbocycles. The molecule has 0 bridgehead atoms. The van der Waals surface area contributed by atoms with E-state index in [0.717, 1.165) is 5.56 Å². The van der Waals surface area contributed by atoms with Crippen molar-refractivity contribution >= 4 is 11.9 Å². The average Bonchev–Trinajstić information content (AvgIpc) is 2.48. The average molecular weight is 309 g/mol. The number of carbonyl (C=O) groups is 2. The highest BCUT2D eigenvalue weighted by molar-refractivity contribution is 5.86. The summed E-state index contributed by atoms with van der Waals surface area (Å²) in [7, 11) is 0. The molecular weight excluding hydrogens is 286 g/mol. The molecule has 1 aromatic rings. The van der Waals surface area contributed by atoms with Gasteiger partial charge in [0.25, 0.3) is 0 Å². The lowest BCUT2D eigenvalue weighted by molar-refractivity contribution is -0.119. The summed E-state index contributed by atoms with van der Waals surface area (Å²) >= 11 is 0. The zero-order valence-corrected chi connectivity index (χ0v) is 12.6. The molecule has 122 valence electrons. The zero-order valence-electron chi connectivity index (χ0n) is 12.6. The number of hydrogen-bond acceptors (Lipinski definition) is 4. The van der Waals surface area contributed by atoms with E-state index in [1.165, 1.54) is 12.1 Å². The summed E-state index contributed by atoms with van der Waals surface area (Å²) in [6.07, 6.45) is 0.888. The number of rotatable bonds is 8. The molecule has 0 aromatic heterocycles. The van der Waals surface area contributed by atoms with Gasteiger partial charge in [-0.2, -0.15) is 0 Å². The Morgan fingerprint density at radius 2 is 1.91 bits per heavy atom. The number of hydrogen-bond donors (Lipinski definition) is 5. The van der Waals surface area contributed by atoms with E-state index < -0.39 is 18.0 Å². The second-order valence-electron chi connectivity index (χ2n) is 5.30. The lowest BCUT2D eigenvalue weighted by atomic mass is 10.1. The topological polar surface area (TPSA) is 125 Å². The number of carbonyl (C=O) groups excluding carboxylic acids is 2. The van der Waals surface area contributed by atoms with E-state index in [4.69, 9.17) is 10.8 Å². The Morgan fingerprint density at radius 3 is 2.45 bits per heavy atom. The number of aromatic hydroxyl groups is 1. The van der Waals surface area contributed by atoms with Gasteiger partial charge in [0, 0.05) is 19.6 Å². The predicted molar refractivity (Wildman–Crippen MR) is 82.2 cm³/mol. The van der Waals surface area contributed by atoms with E-state index in [1.54, 1.807) is 12.1 Å². The van der Waals surface area contributed by atoms with Gasteiger partial charge in [-0.3, -0.25) is 4.79 Å². The molecule has 22 heavy (non-hydrogen) atoms. The van der Waals surface area contributed by atoms with E-state index >= 15 is 0 Å². The van der Waals surface area contributed by atoms with Gasteiger partial charge < -0.3 is 26.6 Å². The van der Waals surface area contributed by atoms with E-state index in [0.29, 0.717) is 13.0 Å². The monoisotopic (exact) mass is 309 g/mol. The van der Waals surface area contributed by atoms with E-state index in [9.17, 15) is 14.7 Å². The number of aliphatic hydroxyl groups excluding tert-OH is 1. The Kier molecular flexibility index (Phi) is 7.18. The van der Waals surface area contributed by atoms with Gasteiger partial charge in [0.1, 0.15) is 11.8 Å². The summed E-state index contributed by atoms with van der Waals surface area (Å²) in [5, 5.41) is 23.3. The van der Waals surface area contributed by atoms with Crippen LogP contribution in [-0.2, 0) is 11.2 Å². The molecule has 1 rings (SSSR count). The maximum absolute atomic E-state index is 11.7. The van der Waals surface area contributed by atoms with Crippen molar-refractivity contribution in [2.24, 2.45) is 11.7 Å². The lowest BCUT2D eigenvalue weighted by Crippen LogP contribution is -2.49. The fraction of sp³-hybridized carbons (Fsp3) is 0.467. The molecule has 7 heteroatoms. The number of benzene rings is 1. The first-order valence-corrected chi connectivity index (χ1v) is 7.14. The molecule has 7 nitrogen and oxygen atoms in total. The van der Waals surface area contributed by atoms with Crippen molar-refractivity contribution in [3.05, 3.63) is 29.8 Å². The van der Waals surface area contributed by atoms with Crippen LogP contribution in [0.15, 0.2) is 24.3 Å². The van der Waals surface area contributed by atoms with Crippen molar-refractivity contribution < 1.29 is 19.8 Å². The molecule has 6 N–H and O–H groups in total. The fourth-order valence-corrected chi connectivity index (χ4v) is 1.82. The SMILES string of the molecule is C[C@@H](CO)CCNC(=O)N[C@@H](Cc1ccc(O)cc1)C(N)=O. The number of urea groups is 1. The van der Waals surface area contributed by atoms with Gasteiger partial charge in [-0.15, -0.1) is 0 Å². The molecule has 3 amide bonds. The van der Waals surface area contributed by atoms with Gasteiger partial charge in [0.15, 0.2) is 0 Å². The Bertz CT molecular complexity index is 490. The molecular formula is C15H23N3O4. The van der Waals surface area contributed by atoms with Gasteiger partial charge in [-0.1, -0.05) is 19.1 Å².